The molecule has 2 aromatic heterocycles. The summed E-state index contributed by atoms with van der Waals surface area (Å²) in [7, 11) is 0. The zero-order valence-corrected chi connectivity index (χ0v) is 14.1. The number of anilines is 1. The van der Waals surface area contributed by atoms with Crippen molar-refractivity contribution in [2.45, 2.75) is 13.1 Å². The second-order valence-corrected chi connectivity index (χ2v) is 5.79. The monoisotopic (exact) mass is 377 g/mol. The lowest BCUT2D eigenvalue weighted by atomic mass is 10.2. The summed E-state index contributed by atoms with van der Waals surface area (Å²) >= 11 is 0. The molecule has 0 saturated carbocycles. The number of halogens is 3. The van der Waals surface area contributed by atoms with Crippen molar-refractivity contribution >= 4 is 17.2 Å². The molecule has 0 fully saturated rings. The summed E-state index contributed by atoms with van der Waals surface area (Å²) in [5, 5.41) is 2.51. The molecule has 0 aliphatic heterocycles. The normalized spacial score (nSPS) is 11.4. The van der Waals surface area contributed by atoms with Crippen LogP contribution in [0.5, 0.6) is 5.75 Å². The SMILES string of the molecule is Cc1ccc2ncc(C(=O)Nc3ccc(OCC(F)(F)F)cc3)c(=O)n2c1. The van der Waals surface area contributed by atoms with Crippen LogP contribution in [0, 0.1) is 6.92 Å². The van der Waals surface area contributed by atoms with Gasteiger partial charge >= 0.3 is 6.18 Å². The molecule has 0 spiro atoms. The molecule has 1 amide bonds. The highest BCUT2D eigenvalue weighted by Gasteiger charge is 2.28. The number of nitrogens with one attached hydrogen (secondary N) is 1. The maximum absolute atomic E-state index is 12.5. The quantitative estimate of drug-likeness (QED) is 0.758. The first-order valence-corrected chi connectivity index (χ1v) is 7.82. The number of hydrogen-bond donors (Lipinski definition) is 1. The molecule has 0 saturated heterocycles. The number of rotatable bonds is 4. The van der Waals surface area contributed by atoms with Crippen molar-refractivity contribution in [3.8, 4) is 5.75 Å². The van der Waals surface area contributed by atoms with E-state index < -0.39 is 24.2 Å². The molecule has 2 heterocycles. The summed E-state index contributed by atoms with van der Waals surface area (Å²) in [4.78, 5) is 28.9. The predicted molar refractivity (Wildman–Crippen MR) is 92.1 cm³/mol. The number of ether oxygens (including phenoxy) is 1. The highest BCUT2D eigenvalue weighted by atomic mass is 19.4. The Balaban J connectivity index is 1.76. The summed E-state index contributed by atoms with van der Waals surface area (Å²) in [6.45, 7) is 0.401. The number of fused-ring (bicyclic) bond motifs is 1. The molecule has 0 aliphatic rings. The molecule has 0 atom stereocenters. The van der Waals surface area contributed by atoms with E-state index in [2.05, 4.69) is 15.0 Å². The van der Waals surface area contributed by atoms with E-state index in [0.717, 1.165) is 5.56 Å². The van der Waals surface area contributed by atoms with E-state index >= 15 is 0 Å². The molecule has 3 rings (SSSR count). The fraction of sp³-hybridized carbons (Fsp3) is 0.167. The third kappa shape index (κ3) is 4.43. The van der Waals surface area contributed by atoms with Crippen LogP contribution in [0.4, 0.5) is 18.9 Å². The van der Waals surface area contributed by atoms with Crippen LogP contribution in [0.1, 0.15) is 15.9 Å². The predicted octanol–water partition coefficient (Wildman–Crippen LogP) is 3.20. The van der Waals surface area contributed by atoms with Gasteiger partial charge in [0, 0.05) is 18.1 Å². The van der Waals surface area contributed by atoms with Gasteiger partial charge in [0.2, 0.25) is 0 Å². The maximum atomic E-state index is 12.5. The number of alkyl halides is 3. The van der Waals surface area contributed by atoms with Crippen LogP contribution in [0.15, 0.2) is 53.6 Å². The summed E-state index contributed by atoms with van der Waals surface area (Å²) in [5.41, 5.74) is 0.863. The van der Waals surface area contributed by atoms with Crippen LogP contribution in [-0.2, 0) is 0 Å². The van der Waals surface area contributed by atoms with Gasteiger partial charge in [0.15, 0.2) is 6.61 Å². The Labute approximate surface area is 151 Å². The number of aromatic nitrogens is 2. The summed E-state index contributed by atoms with van der Waals surface area (Å²) < 4.78 is 42.3. The van der Waals surface area contributed by atoms with Crippen LogP contribution in [0.25, 0.3) is 5.65 Å². The summed E-state index contributed by atoms with van der Waals surface area (Å²) in [5.74, 6) is -0.666. The summed E-state index contributed by atoms with van der Waals surface area (Å²) in [6.07, 6.45) is -1.67. The average Bonchev–Trinajstić information content (AvgIpc) is 2.61. The molecule has 6 nitrogen and oxygen atoms in total. The van der Waals surface area contributed by atoms with Crippen molar-refractivity contribution in [1.29, 1.82) is 0 Å². The van der Waals surface area contributed by atoms with E-state index in [4.69, 9.17) is 0 Å². The van der Waals surface area contributed by atoms with Gasteiger partial charge in [0.05, 0.1) is 0 Å². The van der Waals surface area contributed by atoms with E-state index in [-0.39, 0.29) is 11.3 Å². The molecular weight excluding hydrogens is 363 g/mol. The van der Waals surface area contributed by atoms with E-state index in [0.29, 0.717) is 11.3 Å². The highest BCUT2D eigenvalue weighted by molar-refractivity contribution is 6.03. The van der Waals surface area contributed by atoms with Gasteiger partial charge < -0.3 is 10.1 Å². The molecule has 3 aromatic rings. The van der Waals surface area contributed by atoms with Crippen LogP contribution >= 0.6 is 0 Å². The Morgan fingerprint density at radius 3 is 2.56 bits per heavy atom. The standard InChI is InChI=1S/C18H14F3N3O3/c1-11-2-7-15-22-8-14(17(26)24(15)9-11)16(25)23-12-3-5-13(6-4-12)27-10-18(19,20)21/h2-9H,10H2,1H3,(H,23,25). The van der Waals surface area contributed by atoms with Gasteiger partial charge in [-0.2, -0.15) is 13.2 Å². The van der Waals surface area contributed by atoms with Gasteiger partial charge in [0.1, 0.15) is 17.0 Å². The van der Waals surface area contributed by atoms with Crippen LogP contribution in [0.2, 0.25) is 0 Å². The number of aryl methyl sites for hydroxylation is 1. The number of benzene rings is 1. The van der Waals surface area contributed by atoms with Crippen molar-refractivity contribution in [1.82, 2.24) is 9.38 Å². The van der Waals surface area contributed by atoms with E-state index in [1.807, 2.05) is 0 Å². The van der Waals surface area contributed by atoms with Crippen molar-refractivity contribution in [2.75, 3.05) is 11.9 Å². The minimum absolute atomic E-state index is 0.00763. The largest absolute Gasteiger partial charge is 0.484 e. The van der Waals surface area contributed by atoms with Crippen molar-refractivity contribution in [3.05, 3.63) is 70.3 Å². The second kappa shape index (κ2) is 7.10. The maximum Gasteiger partial charge on any atom is 0.422 e. The lowest BCUT2D eigenvalue weighted by Gasteiger charge is -2.10. The molecule has 0 bridgehead atoms. The van der Waals surface area contributed by atoms with E-state index in [9.17, 15) is 22.8 Å². The minimum Gasteiger partial charge on any atom is -0.484 e. The second-order valence-electron chi connectivity index (χ2n) is 5.79. The molecule has 1 N–H and O–H groups in total. The lowest BCUT2D eigenvalue weighted by Crippen LogP contribution is -2.26. The fourth-order valence-corrected chi connectivity index (χ4v) is 2.34. The molecule has 140 valence electrons. The third-order valence-corrected chi connectivity index (χ3v) is 3.61. The topological polar surface area (TPSA) is 72.7 Å². The molecule has 0 unspecified atom stereocenters. The van der Waals surface area contributed by atoms with Gasteiger partial charge in [-0.05, 0) is 42.8 Å². The van der Waals surface area contributed by atoms with Crippen LogP contribution in [-0.4, -0.2) is 28.1 Å². The number of carbonyl (C=O) groups excluding carboxylic acids is 1. The van der Waals surface area contributed by atoms with Gasteiger partial charge in [0.25, 0.3) is 11.5 Å². The van der Waals surface area contributed by atoms with Gasteiger partial charge in [-0.25, -0.2) is 4.98 Å². The van der Waals surface area contributed by atoms with Gasteiger partial charge in [-0.3, -0.25) is 14.0 Å². The molecule has 27 heavy (non-hydrogen) atoms. The first kappa shape index (κ1) is 18.4. The van der Waals surface area contributed by atoms with Crippen molar-refractivity contribution in [3.63, 3.8) is 0 Å². The minimum atomic E-state index is -4.43. The molecule has 9 heteroatoms. The van der Waals surface area contributed by atoms with E-state index in [1.54, 1.807) is 25.3 Å². The zero-order chi connectivity index (χ0) is 19.6. The molecule has 0 aliphatic carbocycles. The third-order valence-electron chi connectivity index (χ3n) is 3.61. The van der Waals surface area contributed by atoms with E-state index in [1.165, 1.54) is 34.9 Å². The van der Waals surface area contributed by atoms with Crippen molar-refractivity contribution in [2.24, 2.45) is 0 Å². The number of amides is 1. The Morgan fingerprint density at radius 2 is 1.89 bits per heavy atom. The number of pyridine rings is 1. The Kier molecular flexibility index (Phi) is 4.85. The molecular formula is C18H14F3N3O3. The first-order valence-electron chi connectivity index (χ1n) is 7.82. The Bertz CT molecular complexity index is 1040. The number of hydrogen-bond acceptors (Lipinski definition) is 4. The lowest BCUT2D eigenvalue weighted by molar-refractivity contribution is -0.153. The van der Waals surface area contributed by atoms with Gasteiger partial charge in [-0.15, -0.1) is 0 Å². The molecule has 1 aromatic carbocycles. The highest BCUT2D eigenvalue weighted by Crippen LogP contribution is 2.20. The number of nitrogens with zero attached hydrogens (tertiary/aromatic N) is 2. The van der Waals surface area contributed by atoms with Gasteiger partial charge in [-0.1, -0.05) is 6.07 Å². The van der Waals surface area contributed by atoms with Crippen LogP contribution < -0.4 is 15.6 Å². The first-order chi connectivity index (χ1) is 12.7. The van der Waals surface area contributed by atoms with Crippen molar-refractivity contribution < 1.29 is 22.7 Å². The number of carbonyl (C=O) groups is 1. The van der Waals surface area contributed by atoms with Crippen LogP contribution in [0.3, 0.4) is 0 Å². The zero-order valence-electron chi connectivity index (χ0n) is 14.1. The fourth-order valence-electron chi connectivity index (χ4n) is 2.34. The average molecular weight is 377 g/mol. The summed E-state index contributed by atoms with van der Waals surface area (Å²) in [6, 6.07) is 8.79. The Morgan fingerprint density at radius 1 is 1.19 bits per heavy atom. The Hall–Kier alpha value is -3.36. The molecule has 0 radical (unpaired) electrons. The smallest absolute Gasteiger partial charge is 0.422 e.